The van der Waals surface area contributed by atoms with Gasteiger partial charge in [0, 0.05) is 32.7 Å². The van der Waals surface area contributed by atoms with Crippen LogP contribution in [0.4, 0.5) is 8.78 Å². The number of rotatable bonds is 4. The van der Waals surface area contributed by atoms with Crippen LogP contribution in [0.1, 0.15) is 5.69 Å². The molecule has 0 saturated carbocycles. The van der Waals surface area contributed by atoms with Crippen molar-refractivity contribution in [2.45, 2.75) is 6.54 Å². The average Bonchev–Trinajstić information content (AvgIpc) is 3.03. The summed E-state index contributed by atoms with van der Waals surface area (Å²) in [6, 6.07) is 3.59. The third-order valence-corrected chi connectivity index (χ3v) is 3.97. The van der Waals surface area contributed by atoms with Crippen LogP contribution in [0.2, 0.25) is 0 Å². The van der Waals surface area contributed by atoms with E-state index in [-0.39, 0.29) is 17.4 Å². The largest absolute Gasteiger partial charge is 0.444 e. The van der Waals surface area contributed by atoms with Crippen LogP contribution in [0, 0.1) is 11.6 Å². The number of aliphatic hydroxyl groups is 1. The zero-order valence-corrected chi connectivity index (χ0v) is 12.9. The maximum atomic E-state index is 13.7. The Morgan fingerprint density at radius 2 is 1.88 bits per heavy atom. The van der Waals surface area contributed by atoms with Crippen LogP contribution in [0.15, 0.2) is 28.9 Å². The third-order valence-electron chi connectivity index (χ3n) is 3.97. The van der Waals surface area contributed by atoms with Crippen LogP contribution in [0.5, 0.6) is 0 Å². The van der Waals surface area contributed by atoms with E-state index in [0.29, 0.717) is 38.4 Å². The van der Waals surface area contributed by atoms with Crippen molar-refractivity contribution in [3.8, 4) is 11.5 Å². The summed E-state index contributed by atoms with van der Waals surface area (Å²) in [4.78, 5) is 19.2. The Bertz CT molecular complexity index is 707. The number of aliphatic hydroxyl groups excluding tert-OH is 1. The molecular formula is C16H17F2N3O3. The molecule has 24 heavy (non-hydrogen) atoms. The monoisotopic (exact) mass is 337 g/mol. The molecule has 0 bridgehead atoms. The number of benzene rings is 1. The van der Waals surface area contributed by atoms with Crippen LogP contribution >= 0.6 is 0 Å². The number of nitrogens with zero attached hydrogens (tertiary/aromatic N) is 3. The molecule has 1 saturated heterocycles. The molecule has 2 heterocycles. The summed E-state index contributed by atoms with van der Waals surface area (Å²) < 4.78 is 32.7. The van der Waals surface area contributed by atoms with Crippen molar-refractivity contribution in [3.05, 3.63) is 41.8 Å². The first-order chi connectivity index (χ1) is 11.6. The van der Waals surface area contributed by atoms with Crippen molar-refractivity contribution in [2.75, 3.05) is 32.8 Å². The number of hydrogen-bond acceptors (Lipinski definition) is 5. The summed E-state index contributed by atoms with van der Waals surface area (Å²) >= 11 is 0. The molecule has 3 rings (SSSR count). The van der Waals surface area contributed by atoms with E-state index in [2.05, 4.69) is 9.88 Å². The number of hydrogen-bond donors (Lipinski definition) is 1. The van der Waals surface area contributed by atoms with Gasteiger partial charge in [0.2, 0.25) is 11.8 Å². The van der Waals surface area contributed by atoms with E-state index in [1.165, 1.54) is 12.3 Å². The van der Waals surface area contributed by atoms with Crippen LogP contribution in [0.25, 0.3) is 11.5 Å². The highest BCUT2D eigenvalue weighted by Gasteiger charge is 2.22. The van der Waals surface area contributed by atoms with E-state index in [1.54, 1.807) is 4.90 Å². The van der Waals surface area contributed by atoms with Crippen LogP contribution < -0.4 is 0 Å². The minimum atomic E-state index is -0.723. The lowest BCUT2D eigenvalue weighted by molar-refractivity contribution is -0.136. The standard InChI is InChI=1S/C16H17F2N3O3/c17-12-2-1-3-13(18)15(12)16-19-11(10-24-16)8-20-4-6-21(7-5-20)14(23)9-22/h1-3,10,22H,4-9H2. The number of carbonyl (C=O) groups is 1. The molecule has 128 valence electrons. The van der Waals surface area contributed by atoms with Crippen molar-refractivity contribution in [2.24, 2.45) is 0 Å². The minimum Gasteiger partial charge on any atom is -0.444 e. The smallest absolute Gasteiger partial charge is 0.248 e. The van der Waals surface area contributed by atoms with E-state index < -0.39 is 18.2 Å². The van der Waals surface area contributed by atoms with Gasteiger partial charge in [-0.25, -0.2) is 13.8 Å². The Balaban J connectivity index is 1.64. The molecule has 0 spiro atoms. The molecule has 1 N–H and O–H groups in total. The predicted molar refractivity (Wildman–Crippen MR) is 80.8 cm³/mol. The van der Waals surface area contributed by atoms with Gasteiger partial charge in [0.1, 0.15) is 30.1 Å². The summed E-state index contributed by atoms with van der Waals surface area (Å²) in [5, 5.41) is 8.86. The van der Waals surface area contributed by atoms with Gasteiger partial charge in [-0.05, 0) is 12.1 Å². The first-order valence-corrected chi connectivity index (χ1v) is 7.58. The summed E-state index contributed by atoms with van der Waals surface area (Å²) in [5.74, 6) is -1.82. The second-order valence-corrected chi connectivity index (χ2v) is 5.56. The molecule has 1 fully saturated rings. The Kier molecular flexibility index (Phi) is 4.86. The number of oxazole rings is 1. The van der Waals surface area contributed by atoms with Crippen molar-refractivity contribution in [1.29, 1.82) is 0 Å². The van der Waals surface area contributed by atoms with E-state index >= 15 is 0 Å². The molecule has 0 unspecified atom stereocenters. The number of amides is 1. The van der Waals surface area contributed by atoms with Crippen molar-refractivity contribution in [1.82, 2.24) is 14.8 Å². The lowest BCUT2D eigenvalue weighted by Gasteiger charge is -2.33. The molecule has 8 heteroatoms. The highest BCUT2D eigenvalue weighted by Crippen LogP contribution is 2.25. The Hall–Kier alpha value is -2.32. The van der Waals surface area contributed by atoms with Gasteiger partial charge in [0.25, 0.3) is 0 Å². The fourth-order valence-corrected chi connectivity index (χ4v) is 2.68. The number of halogens is 2. The Morgan fingerprint density at radius 3 is 2.50 bits per heavy atom. The second kappa shape index (κ2) is 7.06. The van der Waals surface area contributed by atoms with Crippen molar-refractivity contribution < 1.29 is 23.1 Å². The quantitative estimate of drug-likeness (QED) is 0.909. The van der Waals surface area contributed by atoms with E-state index in [9.17, 15) is 13.6 Å². The molecular weight excluding hydrogens is 320 g/mol. The first kappa shape index (κ1) is 16.5. The predicted octanol–water partition coefficient (Wildman–Crippen LogP) is 1.26. The lowest BCUT2D eigenvalue weighted by Crippen LogP contribution is -2.49. The molecule has 1 amide bonds. The Morgan fingerprint density at radius 1 is 1.21 bits per heavy atom. The molecule has 6 nitrogen and oxygen atoms in total. The third kappa shape index (κ3) is 3.44. The van der Waals surface area contributed by atoms with Gasteiger partial charge in [-0.1, -0.05) is 6.07 Å². The van der Waals surface area contributed by atoms with E-state index in [1.807, 2.05) is 0 Å². The minimum absolute atomic E-state index is 0.0882. The number of piperazine rings is 1. The molecule has 2 aromatic rings. The van der Waals surface area contributed by atoms with Crippen molar-refractivity contribution >= 4 is 5.91 Å². The molecule has 0 aliphatic carbocycles. The van der Waals surface area contributed by atoms with Crippen molar-refractivity contribution in [3.63, 3.8) is 0 Å². The number of aromatic nitrogens is 1. The summed E-state index contributed by atoms with van der Waals surface area (Å²) in [6.45, 7) is 2.27. The zero-order valence-electron chi connectivity index (χ0n) is 12.9. The van der Waals surface area contributed by atoms with Gasteiger partial charge in [0.05, 0.1) is 5.69 Å². The summed E-state index contributed by atoms with van der Waals surface area (Å²) in [6.07, 6.45) is 1.38. The maximum Gasteiger partial charge on any atom is 0.248 e. The fourth-order valence-electron chi connectivity index (χ4n) is 2.68. The topological polar surface area (TPSA) is 69.8 Å². The van der Waals surface area contributed by atoms with Gasteiger partial charge in [-0.15, -0.1) is 0 Å². The van der Waals surface area contributed by atoms with Gasteiger partial charge in [0.15, 0.2) is 0 Å². The Labute approximate surface area is 137 Å². The average molecular weight is 337 g/mol. The maximum absolute atomic E-state index is 13.7. The van der Waals surface area contributed by atoms with Crippen LogP contribution in [0.3, 0.4) is 0 Å². The fraction of sp³-hybridized carbons (Fsp3) is 0.375. The summed E-state index contributed by atoms with van der Waals surface area (Å²) in [5.41, 5.74) is 0.289. The SMILES string of the molecule is O=C(CO)N1CCN(Cc2coc(-c3c(F)cccc3F)n2)CC1. The first-order valence-electron chi connectivity index (χ1n) is 7.58. The lowest BCUT2D eigenvalue weighted by atomic mass is 10.2. The number of carbonyl (C=O) groups excluding carboxylic acids is 1. The van der Waals surface area contributed by atoms with Crippen LogP contribution in [-0.2, 0) is 11.3 Å². The highest BCUT2D eigenvalue weighted by atomic mass is 19.1. The molecule has 1 aliphatic rings. The van der Waals surface area contributed by atoms with Gasteiger partial charge in [-0.2, -0.15) is 0 Å². The second-order valence-electron chi connectivity index (χ2n) is 5.56. The normalized spacial score (nSPS) is 15.7. The molecule has 0 atom stereocenters. The molecule has 1 aliphatic heterocycles. The van der Waals surface area contributed by atoms with E-state index in [0.717, 1.165) is 12.1 Å². The van der Waals surface area contributed by atoms with Gasteiger partial charge >= 0.3 is 0 Å². The summed E-state index contributed by atoms with van der Waals surface area (Å²) in [7, 11) is 0. The van der Waals surface area contributed by atoms with Gasteiger partial charge in [-0.3, -0.25) is 9.69 Å². The molecule has 1 aromatic heterocycles. The zero-order chi connectivity index (χ0) is 17.1. The van der Waals surface area contributed by atoms with Crippen LogP contribution in [-0.4, -0.2) is 58.6 Å². The van der Waals surface area contributed by atoms with E-state index in [4.69, 9.17) is 9.52 Å². The molecule has 0 radical (unpaired) electrons. The molecule has 1 aromatic carbocycles. The van der Waals surface area contributed by atoms with Gasteiger partial charge < -0.3 is 14.4 Å². The highest BCUT2D eigenvalue weighted by molar-refractivity contribution is 5.77.